The van der Waals surface area contributed by atoms with Crippen LogP contribution in [0.1, 0.15) is 33.1 Å². The van der Waals surface area contributed by atoms with Crippen LogP contribution in [-0.2, 0) is 19.1 Å². The smallest absolute Gasteiger partial charge is 0.343 e. The molecule has 0 saturated carbocycles. The number of benzene rings is 1. The van der Waals surface area contributed by atoms with Crippen molar-refractivity contribution >= 4 is 17.6 Å². The second-order valence-corrected chi connectivity index (χ2v) is 6.14. The van der Waals surface area contributed by atoms with Gasteiger partial charge in [-0.1, -0.05) is 18.2 Å². The molecule has 1 heterocycles. The molecule has 1 aliphatic rings. The van der Waals surface area contributed by atoms with Crippen LogP contribution < -0.4 is 5.32 Å². The van der Waals surface area contributed by atoms with Gasteiger partial charge in [-0.3, -0.25) is 0 Å². The zero-order chi connectivity index (χ0) is 18.1. The van der Waals surface area contributed by atoms with Gasteiger partial charge in [-0.2, -0.15) is 0 Å². The Labute approximate surface area is 149 Å². The molecular formula is C19H28N2O4. The zero-order valence-corrected chi connectivity index (χ0v) is 15.1. The van der Waals surface area contributed by atoms with E-state index in [4.69, 9.17) is 9.47 Å². The van der Waals surface area contributed by atoms with Crippen molar-refractivity contribution < 1.29 is 19.1 Å². The summed E-state index contributed by atoms with van der Waals surface area (Å²) in [6.07, 6.45) is 2.61. The largest absolute Gasteiger partial charge is 0.464 e. The number of likely N-dealkylation sites (tertiary alicyclic amines) is 1. The van der Waals surface area contributed by atoms with E-state index in [9.17, 15) is 9.59 Å². The van der Waals surface area contributed by atoms with Gasteiger partial charge in [0.2, 0.25) is 5.54 Å². The van der Waals surface area contributed by atoms with Crippen LogP contribution in [0.4, 0.5) is 5.69 Å². The van der Waals surface area contributed by atoms with E-state index in [1.165, 1.54) is 0 Å². The quantitative estimate of drug-likeness (QED) is 0.546. The normalized spacial score (nSPS) is 15.0. The first-order valence-corrected chi connectivity index (χ1v) is 9.02. The minimum atomic E-state index is -1.53. The van der Waals surface area contributed by atoms with Gasteiger partial charge in [-0.15, -0.1) is 0 Å². The fourth-order valence-corrected chi connectivity index (χ4v) is 3.06. The molecule has 0 aliphatic carbocycles. The molecule has 1 N–H and O–H groups in total. The molecule has 1 aromatic rings. The van der Waals surface area contributed by atoms with E-state index in [1.54, 1.807) is 13.8 Å². The molecule has 1 aromatic carbocycles. The van der Waals surface area contributed by atoms with Gasteiger partial charge < -0.3 is 19.7 Å². The summed E-state index contributed by atoms with van der Waals surface area (Å²) in [4.78, 5) is 27.8. The summed E-state index contributed by atoms with van der Waals surface area (Å²) in [5.74, 6) is -1.17. The van der Waals surface area contributed by atoms with Crippen LogP contribution in [0.2, 0.25) is 0 Å². The van der Waals surface area contributed by atoms with Gasteiger partial charge in [0.05, 0.1) is 13.2 Å². The van der Waals surface area contributed by atoms with Gasteiger partial charge in [0.25, 0.3) is 0 Å². The zero-order valence-electron chi connectivity index (χ0n) is 15.1. The van der Waals surface area contributed by atoms with Gasteiger partial charge in [-0.25, -0.2) is 9.59 Å². The lowest BCUT2D eigenvalue weighted by Crippen LogP contribution is -2.56. The first kappa shape index (κ1) is 19.2. The van der Waals surface area contributed by atoms with Crippen LogP contribution in [-0.4, -0.2) is 55.2 Å². The summed E-state index contributed by atoms with van der Waals surface area (Å²) < 4.78 is 10.5. The third-order valence-corrected chi connectivity index (χ3v) is 4.38. The fraction of sp³-hybridized carbons (Fsp3) is 0.579. The number of nitrogens with one attached hydrogen (secondary N) is 1. The van der Waals surface area contributed by atoms with Crippen LogP contribution in [0.15, 0.2) is 30.3 Å². The van der Waals surface area contributed by atoms with Gasteiger partial charge in [0.1, 0.15) is 0 Å². The van der Waals surface area contributed by atoms with E-state index in [0.29, 0.717) is 18.7 Å². The molecule has 1 aliphatic heterocycles. The van der Waals surface area contributed by atoms with Crippen molar-refractivity contribution in [2.24, 2.45) is 0 Å². The molecule has 0 radical (unpaired) electrons. The number of anilines is 1. The fourth-order valence-electron chi connectivity index (χ4n) is 3.06. The van der Waals surface area contributed by atoms with Crippen molar-refractivity contribution in [2.75, 3.05) is 38.2 Å². The molecule has 1 fully saturated rings. The molecule has 6 heteroatoms. The van der Waals surface area contributed by atoms with E-state index in [2.05, 4.69) is 10.2 Å². The van der Waals surface area contributed by atoms with E-state index < -0.39 is 17.5 Å². The maximum atomic E-state index is 12.8. The summed E-state index contributed by atoms with van der Waals surface area (Å²) in [6.45, 7) is 6.51. The minimum absolute atomic E-state index is 0.209. The van der Waals surface area contributed by atoms with Crippen molar-refractivity contribution in [1.82, 2.24) is 4.90 Å². The summed E-state index contributed by atoms with van der Waals surface area (Å²) in [6, 6.07) is 9.23. The molecule has 6 nitrogen and oxygen atoms in total. The van der Waals surface area contributed by atoms with Crippen LogP contribution >= 0.6 is 0 Å². The number of carbonyl (C=O) groups is 2. The Morgan fingerprint density at radius 3 is 2.12 bits per heavy atom. The van der Waals surface area contributed by atoms with Crippen molar-refractivity contribution in [1.29, 1.82) is 0 Å². The van der Waals surface area contributed by atoms with Crippen LogP contribution in [0.3, 0.4) is 0 Å². The number of esters is 2. The maximum absolute atomic E-state index is 12.8. The Bertz CT molecular complexity index is 538. The molecular weight excluding hydrogens is 320 g/mol. The topological polar surface area (TPSA) is 67.9 Å². The number of para-hydroxylation sites is 1. The monoisotopic (exact) mass is 348 g/mol. The molecule has 0 atom stereocenters. The molecule has 0 aromatic heterocycles. The number of carbonyl (C=O) groups excluding carboxylic acids is 2. The van der Waals surface area contributed by atoms with Gasteiger partial charge in [-0.05, 0) is 51.9 Å². The lowest BCUT2D eigenvalue weighted by Gasteiger charge is -2.32. The lowest BCUT2D eigenvalue weighted by molar-refractivity contribution is -0.163. The van der Waals surface area contributed by atoms with Gasteiger partial charge in [0, 0.05) is 18.7 Å². The number of nitrogens with zero attached hydrogens (tertiary/aromatic N) is 1. The Hall–Kier alpha value is -2.08. The molecule has 0 bridgehead atoms. The molecule has 0 spiro atoms. The van der Waals surface area contributed by atoms with Gasteiger partial charge >= 0.3 is 11.9 Å². The van der Waals surface area contributed by atoms with E-state index >= 15 is 0 Å². The highest BCUT2D eigenvalue weighted by Crippen LogP contribution is 2.24. The molecule has 138 valence electrons. The summed E-state index contributed by atoms with van der Waals surface area (Å²) in [7, 11) is 0. The van der Waals surface area contributed by atoms with Gasteiger partial charge in [0.15, 0.2) is 0 Å². The second-order valence-electron chi connectivity index (χ2n) is 6.14. The highest BCUT2D eigenvalue weighted by molar-refractivity contribution is 6.08. The van der Waals surface area contributed by atoms with Crippen LogP contribution in [0.25, 0.3) is 0 Å². The lowest BCUT2D eigenvalue weighted by atomic mass is 9.94. The van der Waals surface area contributed by atoms with Crippen LogP contribution in [0, 0.1) is 0 Å². The summed E-state index contributed by atoms with van der Waals surface area (Å²) >= 11 is 0. The minimum Gasteiger partial charge on any atom is -0.464 e. The first-order chi connectivity index (χ1) is 12.1. The average molecular weight is 348 g/mol. The number of hydrogen-bond acceptors (Lipinski definition) is 6. The molecule has 25 heavy (non-hydrogen) atoms. The highest BCUT2D eigenvalue weighted by Gasteiger charge is 2.49. The van der Waals surface area contributed by atoms with Crippen LogP contribution in [0.5, 0.6) is 0 Å². The molecule has 0 unspecified atom stereocenters. The first-order valence-electron chi connectivity index (χ1n) is 9.02. The Morgan fingerprint density at radius 2 is 1.60 bits per heavy atom. The third kappa shape index (κ3) is 4.95. The maximum Gasteiger partial charge on any atom is 0.343 e. The van der Waals surface area contributed by atoms with E-state index in [1.807, 2.05) is 30.3 Å². The Kier molecular flexibility index (Phi) is 7.25. The Morgan fingerprint density at radius 1 is 1.04 bits per heavy atom. The predicted molar refractivity (Wildman–Crippen MR) is 96.4 cm³/mol. The SMILES string of the molecule is CCOC(=O)C(CCN1CCCC1)(Nc1ccccc1)C(=O)OCC. The average Bonchev–Trinajstić information content (AvgIpc) is 3.13. The third-order valence-electron chi connectivity index (χ3n) is 4.38. The number of rotatable bonds is 9. The molecule has 0 amide bonds. The molecule has 1 saturated heterocycles. The Balaban J connectivity index is 2.28. The summed E-state index contributed by atoms with van der Waals surface area (Å²) in [5, 5.41) is 3.11. The van der Waals surface area contributed by atoms with Crippen molar-refractivity contribution in [3.63, 3.8) is 0 Å². The summed E-state index contributed by atoms with van der Waals surface area (Å²) in [5.41, 5.74) is -0.847. The molecule has 2 rings (SSSR count). The van der Waals surface area contributed by atoms with E-state index in [0.717, 1.165) is 25.9 Å². The van der Waals surface area contributed by atoms with Crippen molar-refractivity contribution in [3.05, 3.63) is 30.3 Å². The number of ether oxygens (including phenoxy) is 2. The van der Waals surface area contributed by atoms with Crippen molar-refractivity contribution in [2.45, 2.75) is 38.6 Å². The number of hydrogen-bond donors (Lipinski definition) is 1. The standard InChI is InChI=1S/C19H28N2O4/c1-3-24-17(22)19(18(23)25-4-2,12-15-21-13-8-9-14-21)20-16-10-6-5-7-11-16/h5-7,10-11,20H,3-4,8-9,12-15H2,1-2H3. The van der Waals surface area contributed by atoms with Crippen molar-refractivity contribution in [3.8, 4) is 0 Å². The predicted octanol–water partition coefficient (Wildman–Crippen LogP) is 2.45. The highest BCUT2D eigenvalue weighted by atomic mass is 16.6. The van der Waals surface area contributed by atoms with E-state index in [-0.39, 0.29) is 13.2 Å². The second kappa shape index (κ2) is 9.42.